The lowest BCUT2D eigenvalue weighted by Crippen LogP contribution is -2.34. The zero-order chi connectivity index (χ0) is 14.9. The number of hydrogen-bond acceptors (Lipinski definition) is 3. The maximum Gasteiger partial charge on any atom is 0.132 e. The van der Waals surface area contributed by atoms with Gasteiger partial charge in [-0.1, -0.05) is 31.5 Å². The Balaban J connectivity index is 1.96. The van der Waals surface area contributed by atoms with Crippen LogP contribution in [0.1, 0.15) is 51.1 Å². The van der Waals surface area contributed by atoms with Crippen LogP contribution in [-0.4, -0.2) is 28.7 Å². The van der Waals surface area contributed by atoms with E-state index in [1.807, 2.05) is 32.1 Å². The molecular weight excluding hydrogens is 262 g/mol. The Kier molecular flexibility index (Phi) is 4.05. The lowest BCUT2D eigenvalue weighted by atomic mass is 9.97. The number of hydrogen-bond donors (Lipinski definition) is 1. The molecule has 114 valence electrons. The number of rotatable bonds is 3. The normalized spacial score (nSPS) is 27.2. The van der Waals surface area contributed by atoms with E-state index >= 15 is 0 Å². The Bertz CT molecular complexity index is 530. The standard InChI is InChI=1S/C18H25NO2/c1-3-18(2,20)13-16-17(19-11-7-4-8-12-19)14-9-5-6-10-15(14)21-16/h5-6,9-10,13,17,20H,3-4,7-8,11-12H2,1-2H3/b16-13+/t17-,18+/m1/s1. The Hall–Kier alpha value is -1.32. The Morgan fingerprint density at radius 3 is 2.71 bits per heavy atom. The Morgan fingerprint density at radius 1 is 1.29 bits per heavy atom. The first kappa shape index (κ1) is 14.6. The van der Waals surface area contributed by atoms with Crippen molar-refractivity contribution >= 4 is 0 Å². The highest BCUT2D eigenvalue weighted by Crippen LogP contribution is 2.44. The van der Waals surface area contributed by atoms with Gasteiger partial charge in [-0.3, -0.25) is 4.90 Å². The molecular formula is C18H25NO2. The Morgan fingerprint density at radius 2 is 2.00 bits per heavy atom. The van der Waals surface area contributed by atoms with Crippen molar-refractivity contribution in [2.24, 2.45) is 0 Å². The number of likely N-dealkylation sites (tertiary alicyclic amines) is 1. The van der Waals surface area contributed by atoms with Gasteiger partial charge in [-0.15, -0.1) is 0 Å². The van der Waals surface area contributed by atoms with Gasteiger partial charge in [-0.2, -0.15) is 0 Å². The van der Waals surface area contributed by atoms with Gasteiger partial charge < -0.3 is 9.84 Å². The molecule has 0 unspecified atom stereocenters. The first-order valence-electron chi connectivity index (χ1n) is 8.07. The van der Waals surface area contributed by atoms with Gasteiger partial charge in [0, 0.05) is 5.56 Å². The van der Waals surface area contributed by atoms with E-state index in [-0.39, 0.29) is 6.04 Å². The first-order chi connectivity index (χ1) is 10.1. The molecule has 2 aliphatic heterocycles. The average molecular weight is 287 g/mol. The van der Waals surface area contributed by atoms with E-state index < -0.39 is 5.60 Å². The maximum absolute atomic E-state index is 10.4. The molecule has 2 heterocycles. The minimum atomic E-state index is -0.814. The molecule has 3 rings (SSSR count). The second kappa shape index (κ2) is 5.82. The summed E-state index contributed by atoms with van der Waals surface area (Å²) in [7, 11) is 0. The average Bonchev–Trinajstić information content (AvgIpc) is 2.85. The van der Waals surface area contributed by atoms with Crippen molar-refractivity contribution in [1.82, 2.24) is 4.90 Å². The van der Waals surface area contributed by atoms with Crippen molar-refractivity contribution in [2.75, 3.05) is 13.1 Å². The summed E-state index contributed by atoms with van der Waals surface area (Å²) in [6.45, 7) is 6.05. The highest BCUT2D eigenvalue weighted by atomic mass is 16.5. The summed E-state index contributed by atoms with van der Waals surface area (Å²) >= 11 is 0. The Labute approximate surface area is 127 Å². The van der Waals surface area contributed by atoms with Crippen LogP contribution in [0.4, 0.5) is 0 Å². The molecule has 0 aromatic heterocycles. The van der Waals surface area contributed by atoms with E-state index in [0.717, 1.165) is 24.6 Å². The van der Waals surface area contributed by atoms with Crippen molar-refractivity contribution in [3.8, 4) is 5.75 Å². The molecule has 2 atom stereocenters. The van der Waals surface area contributed by atoms with Crippen LogP contribution in [0.5, 0.6) is 5.75 Å². The molecule has 1 aromatic carbocycles. The summed E-state index contributed by atoms with van der Waals surface area (Å²) < 4.78 is 6.07. The quantitative estimate of drug-likeness (QED) is 0.921. The van der Waals surface area contributed by atoms with Crippen LogP contribution in [0.15, 0.2) is 36.1 Å². The predicted octanol–water partition coefficient (Wildman–Crippen LogP) is 3.65. The summed E-state index contributed by atoms with van der Waals surface area (Å²) in [5.74, 6) is 1.83. The number of piperidine rings is 1. The summed E-state index contributed by atoms with van der Waals surface area (Å²) in [6, 6.07) is 8.41. The molecule has 0 amide bonds. The summed E-state index contributed by atoms with van der Waals surface area (Å²) in [4.78, 5) is 2.49. The maximum atomic E-state index is 10.4. The number of para-hydroxylation sites is 1. The van der Waals surface area contributed by atoms with Crippen molar-refractivity contribution in [1.29, 1.82) is 0 Å². The summed E-state index contributed by atoms with van der Waals surface area (Å²) in [5, 5.41) is 10.4. The number of benzene rings is 1. The van der Waals surface area contributed by atoms with Crippen molar-refractivity contribution in [3.05, 3.63) is 41.7 Å². The van der Waals surface area contributed by atoms with Gasteiger partial charge in [0.15, 0.2) is 0 Å². The molecule has 0 radical (unpaired) electrons. The fraction of sp³-hybridized carbons (Fsp3) is 0.556. The van der Waals surface area contributed by atoms with E-state index in [2.05, 4.69) is 17.0 Å². The number of fused-ring (bicyclic) bond motifs is 1. The minimum absolute atomic E-state index is 0.166. The lowest BCUT2D eigenvalue weighted by Gasteiger charge is -2.32. The second-order valence-electron chi connectivity index (χ2n) is 6.40. The van der Waals surface area contributed by atoms with Gasteiger partial charge in [0.05, 0.1) is 11.6 Å². The van der Waals surface area contributed by atoms with Gasteiger partial charge in [-0.05, 0) is 51.4 Å². The van der Waals surface area contributed by atoms with Crippen molar-refractivity contribution < 1.29 is 9.84 Å². The highest BCUT2D eigenvalue weighted by Gasteiger charge is 2.36. The molecule has 1 aromatic rings. The second-order valence-corrected chi connectivity index (χ2v) is 6.40. The van der Waals surface area contributed by atoms with Crippen molar-refractivity contribution in [2.45, 2.75) is 51.2 Å². The minimum Gasteiger partial charge on any atom is -0.460 e. The van der Waals surface area contributed by atoms with Crippen LogP contribution in [0.25, 0.3) is 0 Å². The van der Waals surface area contributed by atoms with Gasteiger partial charge in [-0.25, -0.2) is 0 Å². The van der Waals surface area contributed by atoms with Crippen LogP contribution in [0.2, 0.25) is 0 Å². The van der Waals surface area contributed by atoms with Gasteiger partial charge >= 0.3 is 0 Å². The molecule has 2 aliphatic rings. The lowest BCUT2D eigenvalue weighted by molar-refractivity contribution is 0.0994. The third-order valence-corrected chi connectivity index (χ3v) is 4.64. The van der Waals surface area contributed by atoms with E-state index in [9.17, 15) is 5.11 Å². The number of aliphatic hydroxyl groups is 1. The van der Waals surface area contributed by atoms with E-state index in [0.29, 0.717) is 6.42 Å². The smallest absolute Gasteiger partial charge is 0.132 e. The molecule has 0 spiro atoms. The monoisotopic (exact) mass is 287 g/mol. The first-order valence-corrected chi connectivity index (χ1v) is 8.07. The van der Waals surface area contributed by atoms with Crippen LogP contribution in [0.3, 0.4) is 0 Å². The molecule has 3 heteroatoms. The SMILES string of the molecule is CC[C@](C)(O)/C=C1/Oc2ccccc2[C@H]1N1CCCCC1. The summed E-state index contributed by atoms with van der Waals surface area (Å²) in [6.07, 6.45) is 6.40. The zero-order valence-electron chi connectivity index (χ0n) is 13.0. The predicted molar refractivity (Wildman–Crippen MR) is 84.2 cm³/mol. The molecule has 21 heavy (non-hydrogen) atoms. The molecule has 0 saturated carbocycles. The molecule has 1 saturated heterocycles. The van der Waals surface area contributed by atoms with Crippen LogP contribution >= 0.6 is 0 Å². The van der Waals surface area contributed by atoms with Crippen LogP contribution in [0, 0.1) is 0 Å². The van der Waals surface area contributed by atoms with Gasteiger partial charge in [0.2, 0.25) is 0 Å². The molecule has 1 N–H and O–H groups in total. The topological polar surface area (TPSA) is 32.7 Å². The fourth-order valence-electron chi connectivity index (χ4n) is 3.21. The number of nitrogens with zero attached hydrogens (tertiary/aromatic N) is 1. The molecule has 0 bridgehead atoms. The number of ether oxygens (including phenoxy) is 1. The molecule has 3 nitrogen and oxygen atoms in total. The fourth-order valence-corrected chi connectivity index (χ4v) is 3.21. The van der Waals surface area contributed by atoms with E-state index in [1.165, 1.54) is 24.8 Å². The molecule has 1 fully saturated rings. The van der Waals surface area contributed by atoms with Crippen LogP contribution < -0.4 is 4.74 Å². The van der Waals surface area contributed by atoms with Crippen LogP contribution in [-0.2, 0) is 0 Å². The van der Waals surface area contributed by atoms with E-state index in [4.69, 9.17) is 4.74 Å². The van der Waals surface area contributed by atoms with Crippen molar-refractivity contribution in [3.63, 3.8) is 0 Å². The summed E-state index contributed by atoms with van der Waals surface area (Å²) in [5.41, 5.74) is 0.420. The highest BCUT2D eigenvalue weighted by molar-refractivity contribution is 5.46. The molecule has 0 aliphatic carbocycles. The third-order valence-electron chi connectivity index (χ3n) is 4.64. The van der Waals surface area contributed by atoms with Gasteiger partial charge in [0.1, 0.15) is 11.5 Å². The van der Waals surface area contributed by atoms with E-state index in [1.54, 1.807) is 0 Å². The largest absolute Gasteiger partial charge is 0.460 e. The zero-order valence-corrected chi connectivity index (χ0v) is 13.0. The third kappa shape index (κ3) is 2.99. The van der Waals surface area contributed by atoms with Gasteiger partial charge in [0.25, 0.3) is 0 Å².